The Hall–Kier alpha value is -2.14. The zero-order valence-corrected chi connectivity index (χ0v) is 12.1. The monoisotopic (exact) mass is 269 g/mol. The molecule has 0 fully saturated rings. The molecule has 104 valence electrons. The van der Waals surface area contributed by atoms with Crippen LogP contribution < -0.4 is 5.32 Å². The maximum atomic E-state index is 4.44. The summed E-state index contributed by atoms with van der Waals surface area (Å²) in [7, 11) is 1.98. The average molecular weight is 269 g/mol. The molecule has 20 heavy (non-hydrogen) atoms. The van der Waals surface area contributed by atoms with E-state index in [0.717, 1.165) is 24.3 Å². The second kappa shape index (κ2) is 5.09. The van der Waals surface area contributed by atoms with Gasteiger partial charge >= 0.3 is 0 Å². The summed E-state index contributed by atoms with van der Waals surface area (Å²) in [6, 6.07) is 6.11. The lowest BCUT2D eigenvalue weighted by Crippen LogP contribution is -2.13. The number of hydrogen-bond donors (Lipinski definition) is 1. The molecule has 0 aliphatic heterocycles. The van der Waals surface area contributed by atoms with E-state index in [1.54, 1.807) is 0 Å². The molecule has 0 bridgehead atoms. The second-order valence-corrected chi connectivity index (χ2v) is 5.08. The van der Waals surface area contributed by atoms with Gasteiger partial charge in [-0.15, -0.1) is 0 Å². The Labute approximate surface area is 118 Å². The topological polar surface area (TPSA) is 47.2 Å². The summed E-state index contributed by atoms with van der Waals surface area (Å²) >= 11 is 0. The average Bonchev–Trinajstić information content (AvgIpc) is 2.95. The van der Waals surface area contributed by atoms with Gasteiger partial charge in [-0.2, -0.15) is 10.2 Å². The molecule has 3 rings (SSSR count). The van der Waals surface area contributed by atoms with Crippen LogP contribution in [-0.2, 0) is 20.1 Å². The number of rotatable bonds is 4. The molecule has 0 saturated carbocycles. The number of aryl methyl sites for hydroxylation is 2. The van der Waals surface area contributed by atoms with E-state index < -0.39 is 0 Å². The highest BCUT2D eigenvalue weighted by atomic mass is 15.3. The summed E-state index contributed by atoms with van der Waals surface area (Å²) in [5, 5.41) is 12.3. The zero-order valence-electron chi connectivity index (χ0n) is 12.1. The third kappa shape index (κ3) is 2.20. The van der Waals surface area contributed by atoms with Gasteiger partial charge in [0.1, 0.15) is 0 Å². The highest BCUT2D eigenvalue weighted by Crippen LogP contribution is 2.13. The molecular formula is C15H19N5. The van der Waals surface area contributed by atoms with Crippen molar-refractivity contribution in [1.29, 1.82) is 0 Å². The number of fused-ring (bicyclic) bond motifs is 1. The Balaban J connectivity index is 1.71. The molecule has 0 spiro atoms. The van der Waals surface area contributed by atoms with E-state index in [4.69, 9.17) is 0 Å². The second-order valence-electron chi connectivity index (χ2n) is 5.08. The first kappa shape index (κ1) is 12.9. The smallest absolute Gasteiger partial charge is 0.0706 e. The minimum absolute atomic E-state index is 0.807. The first-order valence-corrected chi connectivity index (χ1v) is 6.78. The normalized spacial score (nSPS) is 11.3. The van der Waals surface area contributed by atoms with E-state index in [1.807, 2.05) is 40.8 Å². The minimum Gasteiger partial charge on any atom is -0.308 e. The summed E-state index contributed by atoms with van der Waals surface area (Å²) in [6.07, 6.45) is 3.89. The quantitative estimate of drug-likeness (QED) is 0.788. The van der Waals surface area contributed by atoms with Crippen molar-refractivity contribution in [3.63, 3.8) is 0 Å². The summed E-state index contributed by atoms with van der Waals surface area (Å²) in [4.78, 5) is 0. The Kier molecular flexibility index (Phi) is 3.28. The van der Waals surface area contributed by atoms with E-state index in [9.17, 15) is 0 Å². The summed E-state index contributed by atoms with van der Waals surface area (Å²) < 4.78 is 3.83. The van der Waals surface area contributed by atoms with E-state index in [1.165, 1.54) is 16.8 Å². The fraction of sp³-hybridized carbons (Fsp3) is 0.333. The molecule has 0 aliphatic carbocycles. The van der Waals surface area contributed by atoms with Gasteiger partial charge < -0.3 is 5.32 Å². The Morgan fingerprint density at radius 3 is 2.80 bits per heavy atom. The summed E-state index contributed by atoms with van der Waals surface area (Å²) in [5.74, 6) is 0. The van der Waals surface area contributed by atoms with Crippen LogP contribution in [0.15, 0.2) is 30.6 Å². The molecule has 3 aromatic heterocycles. The Morgan fingerprint density at radius 2 is 2.05 bits per heavy atom. The lowest BCUT2D eigenvalue weighted by atomic mass is 10.2. The van der Waals surface area contributed by atoms with Crippen LogP contribution >= 0.6 is 0 Å². The molecule has 3 heterocycles. The van der Waals surface area contributed by atoms with Crippen LogP contribution in [0.3, 0.4) is 0 Å². The Bertz CT molecular complexity index is 738. The van der Waals surface area contributed by atoms with Gasteiger partial charge in [-0.05, 0) is 26.0 Å². The van der Waals surface area contributed by atoms with Crippen molar-refractivity contribution >= 4 is 5.52 Å². The molecule has 0 saturated heterocycles. The molecule has 0 atom stereocenters. The molecule has 0 radical (unpaired) electrons. The highest BCUT2D eigenvalue weighted by Gasteiger charge is 2.09. The van der Waals surface area contributed by atoms with Gasteiger partial charge in [-0.3, -0.25) is 4.68 Å². The van der Waals surface area contributed by atoms with Gasteiger partial charge in [0.05, 0.1) is 17.4 Å². The van der Waals surface area contributed by atoms with E-state index in [-0.39, 0.29) is 0 Å². The third-order valence-electron chi connectivity index (χ3n) is 3.78. The molecular weight excluding hydrogens is 250 g/mol. The minimum atomic E-state index is 0.807. The van der Waals surface area contributed by atoms with Crippen molar-refractivity contribution in [2.24, 2.45) is 7.05 Å². The molecule has 0 amide bonds. The predicted octanol–water partition coefficient (Wildman–Crippen LogP) is 1.97. The number of hydrogen-bond acceptors (Lipinski definition) is 3. The summed E-state index contributed by atoms with van der Waals surface area (Å²) in [6.45, 7) is 5.79. The molecule has 0 aliphatic rings. The number of aromatic nitrogens is 4. The van der Waals surface area contributed by atoms with Crippen LogP contribution in [0.2, 0.25) is 0 Å². The van der Waals surface area contributed by atoms with Crippen LogP contribution in [0.4, 0.5) is 0 Å². The lowest BCUT2D eigenvalue weighted by molar-refractivity contribution is 0.686. The molecule has 0 unspecified atom stereocenters. The third-order valence-corrected chi connectivity index (χ3v) is 3.78. The van der Waals surface area contributed by atoms with Crippen molar-refractivity contribution in [2.45, 2.75) is 26.9 Å². The van der Waals surface area contributed by atoms with Crippen molar-refractivity contribution in [2.75, 3.05) is 0 Å². The van der Waals surface area contributed by atoms with E-state index >= 15 is 0 Å². The number of nitrogens with one attached hydrogen (secondary N) is 1. The van der Waals surface area contributed by atoms with E-state index in [2.05, 4.69) is 35.4 Å². The van der Waals surface area contributed by atoms with Crippen LogP contribution in [0.25, 0.3) is 5.52 Å². The fourth-order valence-electron chi connectivity index (χ4n) is 2.52. The maximum Gasteiger partial charge on any atom is 0.0706 e. The molecule has 0 aromatic carbocycles. The van der Waals surface area contributed by atoms with Crippen molar-refractivity contribution < 1.29 is 0 Å². The summed E-state index contributed by atoms with van der Waals surface area (Å²) in [5.41, 5.74) is 5.96. The number of nitrogens with zero attached hydrogens (tertiary/aromatic N) is 4. The van der Waals surface area contributed by atoms with Gasteiger partial charge in [-0.25, -0.2) is 4.52 Å². The molecule has 3 aromatic rings. The fourth-order valence-corrected chi connectivity index (χ4v) is 2.52. The van der Waals surface area contributed by atoms with Gasteiger partial charge in [0.15, 0.2) is 0 Å². The standard InChI is InChI=1S/C15H19N5/c1-11-14(12(2)19(3)18-11)10-16-8-13-9-17-20-7-5-4-6-15(13)20/h4-7,9,16H,8,10H2,1-3H3. The van der Waals surface area contributed by atoms with Crippen LogP contribution in [-0.4, -0.2) is 19.4 Å². The molecule has 1 N–H and O–H groups in total. The Morgan fingerprint density at radius 1 is 1.20 bits per heavy atom. The van der Waals surface area contributed by atoms with Crippen LogP contribution in [0.1, 0.15) is 22.5 Å². The predicted molar refractivity (Wildman–Crippen MR) is 78.4 cm³/mol. The number of pyridine rings is 1. The molecule has 5 nitrogen and oxygen atoms in total. The first-order valence-electron chi connectivity index (χ1n) is 6.78. The van der Waals surface area contributed by atoms with Gasteiger partial charge in [-0.1, -0.05) is 6.07 Å². The van der Waals surface area contributed by atoms with Crippen LogP contribution in [0, 0.1) is 13.8 Å². The van der Waals surface area contributed by atoms with E-state index in [0.29, 0.717) is 0 Å². The SMILES string of the molecule is Cc1nn(C)c(C)c1CNCc1cnn2ccccc12. The van der Waals surface area contributed by atoms with Crippen LogP contribution in [0.5, 0.6) is 0 Å². The van der Waals surface area contributed by atoms with Crippen molar-refractivity contribution in [3.05, 3.63) is 53.1 Å². The largest absolute Gasteiger partial charge is 0.308 e. The maximum absolute atomic E-state index is 4.44. The lowest BCUT2D eigenvalue weighted by Gasteiger charge is -2.04. The molecule has 5 heteroatoms. The van der Waals surface area contributed by atoms with Crippen molar-refractivity contribution in [1.82, 2.24) is 24.7 Å². The van der Waals surface area contributed by atoms with Gasteiger partial charge in [0.2, 0.25) is 0 Å². The van der Waals surface area contributed by atoms with Crippen molar-refractivity contribution in [3.8, 4) is 0 Å². The van der Waals surface area contributed by atoms with Gasteiger partial charge in [0.25, 0.3) is 0 Å². The zero-order chi connectivity index (χ0) is 14.1. The first-order chi connectivity index (χ1) is 9.66. The highest BCUT2D eigenvalue weighted by molar-refractivity contribution is 5.53. The van der Waals surface area contributed by atoms with Gasteiger partial charge in [0, 0.05) is 43.2 Å².